The molecule has 2 unspecified atom stereocenters. The topological polar surface area (TPSA) is 95.9 Å². The highest BCUT2D eigenvalue weighted by molar-refractivity contribution is 5.87. The molecule has 1 aliphatic carbocycles. The van der Waals surface area contributed by atoms with E-state index in [1.807, 2.05) is 36.4 Å². The van der Waals surface area contributed by atoms with Crippen molar-refractivity contribution in [1.82, 2.24) is 10.2 Å². The molecule has 0 spiro atoms. The molecule has 0 saturated carbocycles. The number of hydrogen-bond acceptors (Lipinski definition) is 4. The second-order valence-electron chi connectivity index (χ2n) is 8.20. The summed E-state index contributed by atoms with van der Waals surface area (Å²) in [4.78, 5) is 37.9. The van der Waals surface area contributed by atoms with Gasteiger partial charge in [0.2, 0.25) is 5.91 Å². The zero-order chi connectivity index (χ0) is 22.1. The molecular formula is C24H26N2O5. The van der Waals surface area contributed by atoms with E-state index in [1.54, 1.807) is 13.8 Å². The van der Waals surface area contributed by atoms with Gasteiger partial charge in [-0.1, -0.05) is 48.5 Å². The van der Waals surface area contributed by atoms with Gasteiger partial charge in [0.15, 0.2) is 0 Å². The number of ether oxygens (including phenoxy) is 1. The third-order valence-corrected chi connectivity index (χ3v) is 6.40. The molecule has 2 N–H and O–H groups in total. The largest absolute Gasteiger partial charge is 0.481 e. The summed E-state index contributed by atoms with van der Waals surface area (Å²) >= 11 is 0. The van der Waals surface area contributed by atoms with E-state index in [0.717, 1.165) is 22.3 Å². The Morgan fingerprint density at radius 1 is 1.10 bits per heavy atom. The van der Waals surface area contributed by atoms with Crippen molar-refractivity contribution in [2.45, 2.75) is 38.3 Å². The predicted molar refractivity (Wildman–Crippen MR) is 115 cm³/mol. The van der Waals surface area contributed by atoms with Gasteiger partial charge in [0, 0.05) is 18.5 Å². The minimum absolute atomic E-state index is 0.0564. The average molecular weight is 422 g/mol. The van der Waals surface area contributed by atoms with Crippen molar-refractivity contribution in [3.05, 3.63) is 59.7 Å². The van der Waals surface area contributed by atoms with Crippen LogP contribution in [0.2, 0.25) is 0 Å². The number of nitrogens with zero attached hydrogens (tertiary/aromatic N) is 1. The van der Waals surface area contributed by atoms with Gasteiger partial charge in [-0.2, -0.15) is 0 Å². The SMILES string of the molecule is CC1C(C(=O)O)CCN1C(=O)[C@H](C)NC(=O)OCC1c2ccccc2-c2ccccc21. The van der Waals surface area contributed by atoms with Gasteiger partial charge >= 0.3 is 12.1 Å². The number of amides is 2. The van der Waals surface area contributed by atoms with Crippen molar-refractivity contribution in [2.75, 3.05) is 13.2 Å². The highest BCUT2D eigenvalue weighted by atomic mass is 16.5. The first kappa shape index (κ1) is 20.9. The van der Waals surface area contributed by atoms with Crippen LogP contribution in [0.4, 0.5) is 4.79 Å². The third-order valence-electron chi connectivity index (χ3n) is 6.40. The number of alkyl carbamates (subject to hydrolysis) is 1. The molecule has 162 valence electrons. The number of rotatable bonds is 5. The standard InChI is InChI=1S/C24H26N2O5/c1-14(22(27)26-12-11-16(15(26)2)23(28)29)25-24(30)31-13-21-19-9-5-3-7-17(19)18-8-4-6-10-20(18)21/h3-10,14-16,21H,11-13H2,1-2H3,(H,25,30)(H,28,29)/t14-,15?,16?/m0/s1. The lowest BCUT2D eigenvalue weighted by Crippen LogP contribution is -2.49. The predicted octanol–water partition coefficient (Wildman–Crippen LogP) is 3.24. The fourth-order valence-electron chi connectivity index (χ4n) is 4.71. The lowest BCUT2D eigenvalue weighted by molar-refractivity contribution is -0.143. The van der Waals surface area contributed by atoms with Gasteiger partial charge in [0.05, 0.1) is 5.92 Å². The van der Waals surface area contributed by atoms with Crippen LogP contribution in [0.5, 0.6) is 0 Å². The van der Waals surface area contributed by atoms with E-state index < -0.39 is 30.1 Å². The van der Waals surface area contributed by atoms with Gasteiger partial charge in [-0.3, -0.25) is 9.59 Å². The fraction of sp³-hybridized carbons (Fsp3) is 0.375. The Morgan fingerprint density at radius 3 is 2.23 bits per heavy atom. The Balaban J connectivity index is 1.37. The first-order chi connectivity index (χ1) is 14.9. The summed E-state index contributed by atoms with van der Waals surface area (Å²) in [5.74, 6) is -1.84. The molecule has 1 saturated heterocycles. The van der Waals surface area contributed by atoms with Gasteiger partial charge < -0.3 is 20.1 Å². The number of aliphatic carboxylic acids is 1. The van der Waals surface area contributed by atoms with Gasteiger partial charge in [-0.15, -0.1) is 0 Å². The number of carbonyl (C=O) groups excluding carboxylic acids is 2. The van der Waals surface area contributed by atoms with Crippen LogP contribution in [0.25, 0.3) is 11.1 Å². The summed E-state index contributed by atoms with van der Waals surface area (Å²) in [6.45, 7) is 3.85. The molecule has 0 radical (unpaired) electrons. The molecular weight excluding hydrogens is 396 g/mol. The fourth-order valence-corrected chi connectivity index (χ4v) is 4.71. The van der Waals surface area contributed by atoms with Crippen LogP contribution < -0.4 is 5.32 Å². The Bertz CT molecular complexity index is 975. The molecule has 2 aromatic carbocycles. The van der Waals surface area contributed by atoms with Crippen LogP contribution in [0.15, 0.2) is 48.5 Å². The molecule has 0 aromatic heterocycles. The van der Waals surface area contributed by atoms with Crippen molar-refractivity contribution in [2.24, 2.45) is 5.92 Å². The zero-order valence-electron chi connectivity index (χ0n) is 17.6. The number of carbonyl (C=O) groups is 3. The number of fused-ring (bicyclic) bond motifs is 3. The first-order valence-electron chi connectivity index (χ1n) is 10.5. The second kappa shape index (κ2) is 8.41. The first-order valence-corrected chi connectivity index (χ1v) is 10.5. The monoisotopic (exact) mass is 422 g/mol. The molecule has 4 rings (SSSR count). The van der Waals surface area contributed by atoms with Gasteiger partial charge in [0.1, 0.15) is 12.6 Å². The summed E-state index contributed by atoms with van der Waals surface area (Å²) in [6, 6.07) is 14.9. The lowest BCUT2D eigenvalue weighted by Gasteiger charge is -2.26. The van der Waals surface area contributed by atoms with Crippen LogP contribution in [-0.4, -0.2) is 53.2 Å². The van der Waals surface area contributed by atoms with E-state index in [2.05, 4.69) is 17.4 Å². The number of carboxylic acid groups (broad SMARTS) is 1. The number of nitrogens with one attached hydrogen (secondary N) is 1. The molecule has 7 nitrogen and oxygen atoms in total. The molecule has 2 aliphatic rings. The van der Waals surface area contributed by atoms with Crippen molar-refractivity contribution in [3.63, 3.8) is 0 Å². The van der Waals surface area contributed by atoms with Crippen LogP contribution in [0, 0.1) is 5.92 Å². The molecule has 3 atom stereocenters. The molecule has 0 bridgehead atoms. The molecule has 2 aromatic rings. The van der Waals surface area contributed by atoms with Gasteiger partial charge in [0.25, 0.3) is 0 Å². The summed E-state index contributed by atoms with van der Waals surface area (Å²) in [5.41, 5.74) is 4.52. The van der Waals surface area contributed by atoms with Gasteiger partial charge in [-0.25, -0.2) is 4.79 Å². The third kappa shape index (κ3) is 3.87. The van der Waals surface area contributed by atoms with Crippen LogP contribution in [-0.2, 0) is 14.3 Å². The van der Waals surface area contributed by atoms with E-state index in [1.165, 1.54) is 4.90 Å². The average Bonchev–Trinajstić information content (AvgIpc) is 3.30. The molecule has 1 fully saturated rings. The summed E-state index contributed by atoms with van der Waals surface area (Å²) in [7, 11) is 0. The Labute approximate surface area is 181 Å². The summed E-state index contributed by atoms with van der Waals surface area (Å²) in [6.07, 6.45) is -0.246. The van der Waals surface area contributed by atoms with E-state index in [4.69, 9.17) is 4.74 Å². The zero-order valence-corrected chi connectivity index (χ0v) is 17.6. The summed E-state index contributed by atoms with van der Waals surface area (Å²) < 4.78 is 5.49. The van der Waals surface area contributed by atoms with E-state index in [9.17, 15) is 19.5 Å². The molecule has 1 aliphatic heterocycles. The Morgan fingerprint density at radius 2 is 1.68 bits per heavy atom. The second-order valence-corrected chi connectivity index (χ2v) is 8.20. The maximum absolute atomic E-state index is 12.7. The quantitative estimate of drug-likeness (QED) is 0.771. The normalized spacial score (nSPS) is 20.6. The Hall–Kier alpha value is -3.35. The van der Waals surface area contributed by atoms with Crippen molar-refractivity contribution in [3.8, 4) is 11.1 Å². The summed E-state index contributed by atoms with van der Waals surface area (Å²) in [5, 5.41) is 11.8. The van der Waals surface area contributed by atoms with Crippen LogP contribution in [0.3, 0.4) is 0 Å². The molecule has 1 heterocycles. The molecule has 31 heavy (non-hydrogen) atoms. The van der Waals surface area contributed by atoms with Crippen LogP contribution >= 0.6 is 0 Å². The maximum Gasteiger partial charge on any atom is 0.407 e. The van der Waals surface area contributed by atoms with E-state index in [0.29, 0.717) is 13.0 Å². The number of benzene rings is 2. The van der Waals surface area contributed by atoms with Crippen molar-refractivity contribution in [1.29, 1.82) is 0 Å². The number of carboxylic acids is 1. The molecule has 7 heteroatoms. The minimum atomic E-state index is -0.903. The van der Waals surface area contributed by atoms with Crippen LogP contribution in [0.1, 0.15) is 37.3 Å². The smallest absolute Gasteiger partial charge is 0.407 e. The van der Waals surface area contributed by atoms with Crippen molar-refractivity contribution < 1.29 is 24.2 Å². The number of likely N-dealkylation sites (tertiary alicyclic amines) is 1. The number of hydrogen-bond donors (Lipinski definition) is 2. The van der Waals surface area contributed by atoms with E-state index >= 15 is 0 Å². The maximum atomic E-state index is 12.7. The lowest BCUT2D eigenvalue weighted by atomic mass is 9.98. The highest BCUT2D eigenvalue weighted by Crippen LogP contribution is 2.44. The Kier molecular flexibility index (Phi) is 5.67. The van der Waals surface area contributed by atoms with E-state index in [-0.39, 0.29) is 18.4 Å². The minimum Gasteiger partial charge on any atom is -0.481 e. The van der Waals surface area contributed by atoms with Gasteiger partial charge in [-0.05, 0) is 42.5 Å². The molecule has 2 amide bonds. The highest BCUT2D eigenvalue weighted by Gasteiger charge is 2.39. The van der Waals surface area contributed by atoms with Crippen molar-refractivity contribution >= 4 is 18.0 Å².